The third-order valence-electron chi connectivity index (χ3n) is 2.80. The maximum absolute atomic E-state index is 5.64. The van der Waals surface area contributed by atoms with Crippen LogP contribution in [0.3, 0.4) is 0 Å². The van der Waals surface area contributed by atoms with Gasteiger partial charge in [0.2, 0.25) is 0 Å². The Balaban J connectivity index is 1.95. The number of ether oxygens (including phenoxy) is 1. The Morgan fingerprint density at radius 1 is 1.20 bits per heavy atom. The fraction of sp³-hybridized carbons (Fsp3) is 0.429. The molecule has 1 aromatic carbocycles. The molecule has 2 rings (SSSR count). The van der Waals surface area contributed by atoms with Gasteiger partial charge in [0.1, 0.15) is 0 Å². The van der Waals surface area contributed by atoms with Crippen LogP contribution < -0.4 is 0 Å². The monoisotopic (exact) mass is 202 g/mol. The molecule has 15 heavy (non-hydrogen) atoms. The Morgan fingerprint density at radius 3 is 2.67 bits per heavy atom. The lowest BCUT2D eigenvalue weighted by atomic mass is 10.1. The Morgan fingerprint density at radius 2 is 2.00 bits per heavy atom. The first-order valence-electron chi connectivity index (χ1n) is 5.71. The van der Waals surface area contributed by atoms with E-state index in [0.717, 1.165) is 6.61 Å². The van der Waals surface area contributed by atoms with Crippen molar-refractivity contribution >= 4 is 6.08 Å². The van der Waals surface area contributed by atoms with Gasteiger partial charge in [0.25, 0.3) is 0 Å². The molecule has 0 radical (unpaired) electrons. The summed E-state index contributed by atoms with van der Waals surface area (Å²) < 4.78 is 5.64. The first-order chi connectivity index (χ1) is 7.34. The highest BCUT2D eigenvalue weighted by Crippen LogP contribution is 2.15. The van der Waals surface area contributed by atoms with Crippen molar-refractivity contribution in [3.05, 3.63) is 41.5 Å². The third-order valence-corrected chi connectivity index (χ3v) is 2.80. The van der Waals surface area contributed by atoms with E-state index in [1.54, 1.807) is 0 Å². The molecular formula is C14H18O. The predicted octanol–water partition coefficient (Wildman–Crippen LogP) is 3.58. The maximum Gasteiger partial charge on any atom is 0.0759 e. The Bertz CT molecular complexity index is 318. The number of benzene rings is 1. The molecule has 1 heterocycles. The molecule has 1 saturated heterocycles. The van der Waals surface area contributed by atoms with E-state index in [9.17, 15) is 0 Å². The summed E-state index contributed by atoms with van der Waals surface area (Å²) in [6, 6.07) is 8.58. The molecule has 1 heteroatoms. The van der Waals surface area contributed by atoms with Gasteiger partial charge in [-0.1, -0.05) is 42.0 Å². The molecule has 1 atom stereocenters. The van der Waals surface area contributed by atoms with E-state index in [1.165, 1.54) is 30.4 Å². The highest BCUT2D eigenvalue weighted by molar-refractivity contribution is 5.50. The molecule has 0 amide bonds. The molecule has 1 aromatic rings. The fourth-order valence-electron chi connectivity index (χ4n) is 1.81. The van der Waals surface area contributed by atoms with Crippen LogP contribution >= 0.6 is 0 Å². The van der Waals surface area contributed by atoms with Gasteiger partial charge in [0.05, 0.1) is 6.10 Å². The quantitative estimate of drug-likeness (QED) is 0.712. The fourth-order valence-corrected chi connectivity index (χ4v) is 1.81. The minimum atomic E-state index is 0.333. The molecule has 0 bridgehead atoms. The highest BCUT2D eigenvalue weighted by atomic mass is 16.5. The van der Waals surface area contributed by atoms with Crippen LogP contribution in [0, 0.1) is 6.92 Å². The minimum absolute atomic E-state index is 0.333. The summed E-state index contributed by atoms with van der Waals surface area (Å²) >= 11 is 0. The molecule has 1 aliphatic rings. The van der Waals surface area contributed by atoms with Crippen molar-refractivity contribution in [2.45, 2.75) is 32.3 Å². The predicted molar refractivity (Wildman–Crippen MR) is 63.8 cm³/mol. The van der Waals surface area contributed by atoms with Crippen LogP contribution in [0.5, 0.6) is 0 Å². The number of rotatable bonds is 2. The van der Waals surface area contributed by atoms with Gasteiger partial charge in [-0.3, -0.25) is 0 Å². The molecule has 1 unspecified atom stereocenters. The van der Waals surface area contributed by atoms with Crippen molar-refractivity contribution in [3.8, 4) is 0 Å². The molecule has 0 saturated carbocycles. The van der Waals surface area contributed by atoms with Gasteiger partial charge in [-0.2, -0.15) is 0 Å². The van der Waals surface area contributed by atoms with E-state index in [-0.39, 0.29) is 0 Å². The van der Waals surface area contributed by atoms with Crippen LogP contribution in [0.25, 0.3) is 6.08 Å². The lowest BCUT2D eigenvalue weighted by Gasteiger charge is -2.19. The van der Waals surface area contributed by atoms with Gasteiger partial charge in [-0.05, 0) is 31.7 Å². The summed E-state index contributed by atoms with van der Waals surface area (Å²) in [6.45, 7) is 3.03. The van der Waals surface area contributed by atoms with Crippen molar-refractivity contribution < 1.29 is 4.74 Å². The van der Waals surface area contributed by atoms with E-state index >= 15 is 0 Å². The van der Waals surface area contributed by atoms with Gasteiger partial charge in [0, 0.05) is 6.61 Å². The number of hydrogen-bond acceptors (Lipinski definition) is 1. The third kappa shape index (κ3) is 3.21. The van der Waals surface area contributed by atoms with Crippen molar-refractivity contribution in [3.63, 3.8) is 0 Å². The van der Waals surface area contributed by atoms with Crippen LogP contribution in [0.15, 0.2) is 30.3 Å². The number of aryl methyl sites for hydroxylation is 1. The van der Waals surface area contributed by atoms with Gasteiger partial charge in [-0.15, -0.1) is 0 Å². The van der Waals surface area contributed by atoms with Gasteiger partial charge < -0.3 is 4.74 Å². The molecule has 1 aliphatic heterocycles. The van der Waals surface area contributed by atoms with Crippen molar-refractivity contribution in [1.29, 1.82) is 0 Å². The summed E-state index contributed by atoms with van der Waals surface area (Å²) in [7, 11) is 0. The lowest BCUT2D eigenvalue weighted by Crippen LogP contribution is -2.15. The lowest BCUT2D eigenvalue weighted by molar-refractivity contribution is 0.0471. The second kappa shape index (κ2) is 5.13. The Kier molecular flexibility index (Phi) is 3.57. The summed E-state index contributed by atoms with van der Waals surface area (Å²) in [6.07, 6.45) is 8.36. The van der Waals surface area contributed by atoms with Crippen LogP contribution in [0.1, 0.15) is 30.4 Å². The zero-order valence-electron chi connectivity index (χ0n) is 9.28. The average molecular weight is 202 g/mol. The van der Waals surface area contributed by atoms with Crippen molar-refractivity contribution in [2.24, 2.45) is 0 Å². The van der Waals surface area contributed by atoms with Crippen LogP contribution in [-0.4, -0.2) is 12.7 Å². The van der Waals surface area contributed by atoms with E-state index in [1.807, 2.05) is 0 Å². The van der Waals surface area contributed by atoms with E-state index in [2.05, 4.69) is 43.3 Å². The summed E-state index contributed by atoms with van der Waals surface area (Å²) in [5.41, 5.74) is 2.57. The summed E-state index contributed by atoms with van der Waals surface area (Å²) in [4.78, 5) is 0. The van der Waals surface area contributed by atoms with Crippen molar-refractivity contribution in [2.75, 3.05) is 6.61 Å². The second-order valence-electron chi connectivity index (χ2n) is 4.17. The Hall–Kier alpha value is -1.08. The summed E-state index contributed by atoms with van der Waals surface area (Å²) in [5.74, 6) is 0. The first-order valence-corrected chi connectivity index (χ1v) is 5.71. The SMILES string of the molecule is Cc1ccc(/C=C/C2CCCCO2)cc1. The van der Waals surface area contributed by atoms with Crippen molar-refractivity contribution in [1.82, 2.24) is 0 Å². The molecule has 0 spiro atoms. The molecule has 80 valence electrons. The molecular weight excluding hydrogens is 184 g/mol. The standard InChI is InChI=1S/C14H18O/c1-12-5-7-13(8-6-12)9-10-14-4-2-3-11-15-14/h5-10,14H,2-4,11H2,1H3/b10-9+. The zero-order valence-corrected chi connectivity index (χ0v) is 9.28. The highest BCUT2D eigenvalue weighted by Gasteiger charge is 2.09. The first kappa shape index (κ1) is 10.4. The number of hydrogen-bond donors (Lipinski definition) is 0. The topological polar surface area (TPSA) is 9.23 Å². The van der Waals surface area contributed by atoms with Crippen LogP contribution in [0.4, 0.5) is 0 Å². The maximum atomic E-state index is 5.64. The molecule has 1 fully saturated rings. The molecule has 0 N–H and O–H groups in total. The van der Waals surface area contributed by atoms with Crippen LogP contribution in [0.2, 0.25) is 0 Å². The minimum Gasteiger partial charge on any atom is -0.374 e. The van der Waals surface area contributed by atoms with E-state index < -0.39 is 0 Å². The van der Waals surface area contributed by atoms with Gasteiger partial charge in [-0.25, -0.2) is 0 Å². The molecule has 0 aromatic heterocycles. The summed E-state index contributed by atoms with van der Waals surface area (Å²) in [5, 5.41) is 0. The average Bonchev–Trinajstić information content (AvgIpc) is 2.30. The van der Waals surface area contributed by atoms with E-state index in [4.69, 9.17) is 4.74 Å². The molecule has 1 nitrogen and oxygen atoms in total. The zero-order chi connectivity index (χ0) is 10.5. The van der Waals surface area contributed by atoms with Gasteiger partial charge in [0.15, 0.2) is 0 Å². The molecule has 0 aliphatic carbocycles. The Labute approximate surface area is 91.8 Å². The smallest absolute Gasteiger partial charge is 0.0759 e. The normalized spacial score (nSPS) is 22.1. The van der Waals surface area contributed by atoms with E-state index in [0.29, 0.717) is 6.10 Å². The van der Waals surface area contributed by atoms with Gasteiger partial charge >= 0.3 is 0 Å². The largest absolute Gasteiger partial charge is 0.374 e. The second-order valence-corrected chi connectivity index (χ2v) is 4.17. The van der Waals surface area contributed by atoms with Crippen LogP contribution in [-0.2, 0) is 4.74 Å².